The Morgan fingerprint density at radius 2 is 1.83 bits per heavy atom. The number of hydrogen-bond acceptors (Lipinski definition) is 2. The Hall–Kier alpha value is -1.77. The zero-order valence-electron chi connectivity index (χ0n) is 6.51. The number of hydrogen-bond donors (Lipinski definition) is 1. The summed E-state index contributed by atoms with van der Waals surface area (Å²) in [5.41, 5.74) is 5.54. The molecule has 2 aromatic heterocycles. The summed E-state index contributed by atoms with van der Waals surface area (Å²) < 4.78 is 1.91. The van der Waals surface area contributed by atoms with Crippen LogP contribution in [-0.2, 0) is 0 Å². The molecule has 0 saturated carbocycles. The Bertz CT molecular complexity index is 365. The molecule has 3 nitrogen and oxygen atoms in total. The van der Waals surface area contributed by atoms with Gasteiger partial charge in [-0.05, 0) is 24.3 Å². The third-order valence-electron chi connectivity index (χ3n) is 1.62. The maximum Gasteiger partial charge on any atom is 0.138 e. The Balaban J connectivity index is 2.48. The van der Waals surface area contributed by atoms with E-state index < -0.39 is 0 Å². The average molecular weight is 159 g/mol. The third kappa shape index (κ3) is 1.16. The quantitative estimate of drug-likeness (QED) is 0.684. The van der Waals surface area contributed by atoms with Crippen molar-refractivity contribution in [3.8, 4) is 5.82 Å². The van der Waals surface area contributed by atoms with E-state index in [1.807, 2.05) is 41.2 Å². The van der Waals surface area contributed by atoms with E-state index in [0.29, 0.717) is 5.82 Å². The number of aromatic nitrogens is 2. The number of pyridine rings is 1. The monoisotopic (exact) mass is 159 g/mol. The standard InChI is InChI=1S/C9H9N3/c10-8-4-3-5-9(11-8)12-6-1-2-7-12/h1-7H,(H2,10,11). The Kier molecular flexibility index (Phi) is 1.55. The molecule has 0 bridgehead atoms. The van der Waals surface area contributed by atoms with Crippen molar-refractivity contribution in [3.05, 3.63) is 42.7 Å². The molecule has 2 aromatic rings. The predicted molar refractivity (Wildman–Crippen MR) is 48.0 cm³/mol. The van der Waals surface area contributed by atoms with Gasteiger partial charge in [-0.2, -0.15) is 0 Å². The molecular formula is C9H9N3. The van der Waals surface area contributed by atoms with E-state index in [1.165, 1.54) is 0 Å². The molecular weight excluding hydrogens is 150 g/mol. The fraction of sp³-hybridized carbons (Fsp3) is 0. The fourth-order valence-electron chi connectivity index (χ4n) is 1.07. The summed E-state index contributed by atoms with van der Waals surface area (Å²) in [7, 11) is 0. The summed E-state index contributed by atoms with van der Waals surface area (Å²) in [6, 6.07) is 9.47. The van der Waals surface area contributed by atoms with Gasteiger partial charge in [0.15, 0.2) is 0 Å². The Morgan fingerprint density at radius 1 is 1.08 bits per heavy atom. The molecule has 0 aromatic carbocycles. The van der Waals surface area contributed by atoms with Crippen LogP contribution in [0.4, 0.5) is 5.82 Å². The lowest BCUT2D eigenvalue weighted by Gasteiger charge is -2.00. The van der Waals surface area contributed by atoms with Gasteiger partial charge in [-0.1, -0.05) is 6.07 Å². The minimum atomic E-state index is 0.543. The van der Waals surface area contributed by atoms with E-state index in [4.69, 9.17) is 5.73 Å². The smallest absolute Gasteiger partial charge is 0.138 e. The zero-order valence-corrected chi connectivity index (χ0v) is 6.51. The van der Waals surface area contributed by atoms with Crippen molar-refractivity contribution < 1.29 is 0 Å². The molecule has 0 spiro atoms. The Labute approximate surface area is 70.5 Å². The second kappa shape index (κ2) is 2.70. The first-order chi connectivity index (χ1) is 5.86. The largest absolute Gasteiger partial charge is 0.384 e. The van der Waals surface area contributed by atoms with Crippen LogP contribution in [0.5, 0.6) is 0 Å². The molecule has 2 rings (SSSR count). The molecule has 0 radical (unpaired) electrons. The van der Waals surface area contributed by atoms with Crippen LogP contribution in [0.3, 0.4) is 0 Å². The van der Waals surface area contributed by atoms with E-state index in [2.05, 4.69) is 4.98 Å². The summed E-state index contributed by atoms with van der Waals surface area (Å²) in [5.74, 6) is 1.39. The van der Waals surface area contributed by atoms with Crippen molar-refractivity contribution in [2.75, 3.05) is 5.73 Å². The predicted octanol–water partition coefficient (Wildman–Crippen LogP) is 1.45. The van der Waals surface area contributed by atoms with Gasteiger partial charge >= 0.3 is 0 Å². The highest BCUT2D eigenvalue weighted by Crippen LogP contribution is 2.06. The van der Waals surface area contributed by atoms with E-state index >= 15 is 0 Å². The number of nitrogen functional groups attached to an aromatic ring is 1. The second-order valence-electron chi connectivity index (χ2n) is 2.51. The molecule has 0 amide bonds. The topological polar surface area (TPSA) is 43.8 Å². The van der Waals surface area contributed by atoms with Crippen LogP contribution in [0.1, 0.15) is 0 Å². The van der Waals surface area contributed by atoms with Crippen LogP contribution in [0, 0.1) is 0 Å². The lowest BCUT2D eigenvalue weighted by Crippen LogP contribution is -1.96. The molecule has 2 heterocycles. The number of nitrogens with zero attached hydrogens (tertiary/aromatic N) is 2. The van der Waals surface area contributed by atoms with E-state index in [9.17, 15) is 0 Å². The molecule has 0 aliphatic carbocycles. The van der Waals surface area contributed by atoms with Gasteiger partial charge in [-0.15, -0.1) is 0 Å². The number of rotatable bonds is 1. The van der Waals surface area contributed by atoms with Gasteiger partial charge in [0.2, 0.25) is 0 Å². The summed E-state index contributed by atoms with van der Waals surface area (Å²) in [6.07, 6.45) is 3.86. The molecule has 0 saturated heterocycles. The maximum absolute atomic E-state index is 5.54. The summed E-state index contributed by atoms with van der Waals surface area (Å²) in [5, 5.41) is 0. The molecule has 60 valence electrons. The van der Waals surface area contributed by atoms with Crippen LogP contribution < -0.4 is 5.73 Å². The molecule has 0 aliphatic heterocycles. The van der Waals surface area contributed by atoms with Crippen molar-refractivity contribution in [3.63, 3.8) is 0 Å². The average Bonchev–Trinajstić information content (AvgIpc) is 2.56. The molecule has 3 heteroatoms. The minimum absolute atomic E-state index is 0.543. The highest BCUT2D eigenvalue weighted by molar-refractivity contribution is 5.35. The fourth-order valence-corrected chi connectivity index (χ4v) is 1.07. The first-order valence-electron chi connectivity index (χ1n) is 3.72. The van der Waals surface area contributed by atoms with Crippen molar-refractivity contribution in [1.82, 2.24) is 9.55 Å². The van der Waals surface area contributed by atoms with Gasteiger partial charge in [0.05, 0.1) is 0 Å². The third-order valence-corrected chi connectivity index (χ3v) is 1.62. The van der Waals surface area contributed by atoms with Gasteiger partial charge in [0.1, 0.15) is 11.6 Å². The highest BCUT2D eigenvalue weighted by atomic mass is 15.1. The van der Waals surface area contributed by atoms with E-state index in [0.717, 1.165) is 5.82 Å². The molecule has 12 heavy (non-hydrogen) atoms. The summed E-state index contributed by atoms with van der Waals surface area (Å²) >= 11 is 0. The SMILES string of the molecule is Nc1cccc(-n2cccc2)n1. The number of nitrogens with two attached hydrogens (primary N) is 1. The first kappa shape index (κ1) is 6.91. The van der Waals surface area contributed by atoms with Crippen molar-refractivity contribution in [1.29, 1.82) is 0 Å². The molecule has 0 atom stereocenters. The second-order valence-corrected chi connectivity index (χ2v) is 2.51. The molecule has 2 N–H and O–H groups in total. The van der Waals surface area contributed by atoms with Gasteiger partial charge in [0.25, 0.3) is 0 Å². The lowest BCUT2D eigenvalue weighted by atomic mass is 10.4. The number of anilines is 1. The van der Waals surface area contributed by atoms with E-state index in [-0.39, 0.29) is 0 Å². The molecule has 0 unspecified atom stereocenters. The maximum atomic E-state index is 5.54. The van der Waals surface area contributed by atoms with Crippen molar-refractivity contribution in [2.45, 2.75) is 0 Å². The Morgan fingerprint density at radius 3 is 2.50 bits per heavy atom. The molecule has 0 fully saturated rings. The minimum Gasteiger partial charge on any atom is -0.384 e. The van der Waals surface area contributed by atoms with Crippen LogP contribution in [0.25, 0.3) is 5.82 Å². The van der Waals surface area contributed by atoms with Crippen molar-refractivity contribution in [2.24, 2.45) is 0 Å². The van der Waals surface area contributed by atoms with Gasteiger partial charge in [-0.3, -0.25) is 0 Å². The van der Waals surface area contributed by atoms with Gasteiger partial charge < -0.3 is 10.3 Å². The van der Waals surface area contributed by atoms with Crippen LogP contribution in [0.15, 0.2) is 42.7 Å². The summed E-state index contributed by atoms with van der Waals surface area (Å²) in [4.78, 5) is 4.16. The zero-order chi connectivity index (χ0) is 8.39. The van der Waals surface area contributed by atoms with Crippen molar-refractivity contribution >= 4 is 5.82 Å². The molecule has 0 aliphatic rings. The first-order valence-corrected chi connectivity index (χ1v) is 3.72. The normalized spacial score (nSPS) is 10.0. The van der Waals surface area contributed by atoms with Gasteiger partial charge in [0, 0.05) is 12.4 Å². The van der Waals surface area contributed by atoms with Crippen LogP contribution in [0.2, 0.25) is 0 Å². The highest BCUT2D eigenvalue weighted by Gasteiger charge is 1.94. The summed E-state index contributed by atoms with van der Waals surface area (Å²) in [6.45, 7) is 0. The van der Waals surface area contributed by atoms with E-state index in [1.54, 1.807) is 6.07 Å². The van der Waals surface area contributed by atoms with Crippen LogP contribution >= 0.6 is 0 Å². The lowest BCUT2D eigenvalue weighted by molar-refractivity contribution is 1.01. The van der Waals surface area contributed by atoms with Crippen LogP contribution in [-0.4, -0.2) is 9.55 Å². The van der Waals surface area contributed by atoms with Gasteiger partial charge in [-0.25, -0.2) is 4.98 Å².